The highest BCUT2D eigenvalue weighted by molar-refractivity contribution is 6.06. The van der Waals surface area contributed by atoms with Crippen LogP contribution >= 0.6 is 0 Å². The van der Waals surface area contributed by atoms with Crippen LogP contribution in [0.3, 0.4) is 0 Å². The Hall–Kier alpha value is -5.08. The van der Waals surface area contributed by atoms with E-state index in [0.29, 0.717) is 0 Å². The molecule has 0 radical (unpaired) electrons. The highest BCUT2D eigenvalue weighted by Crippen LogP contribution is 2.69. The first-order valence-corrected chi connectivity index (χ1v) is 17.9. The minimum atomic E-state index is 0.174. The number of benzene rings is 6. The van der Waals surface area contributed by atoms with Crippen LogP contribution in [-0.2, 0) is 5.41 Å². The molecule has 6 aromatic carbocycles. The molecule has 0 saturated heterocycles. The lowest BCUT2D eigenvalue weighted by Crippen LogP contribution is -2.55. The molecule has 0 amide bonds. The zero-order valence-corrected chi connectivity index (χ0v) is 27.0. The number of hydrogen-bond donors (Lipinski definition) is 0. The van der Waals surface area contributed by atoms with Gasteiger partial charge in [-0.05, 0) is 132 Å². The van der Waals surface area contributed by atoms with E-state index in [9.17, 15) is 0 Å². The second kappa shape index (κ2) is 9.97. The van der Waals surface area contributed by atoms with Crippen LogP contribution in [0.2, 0.25) is 0 Å². The standard InChI is InChI=1S/C46H37NO/c1-2-8-31(9-3-1)32-14-16-35(17-15-32)47(37-18-20-40-39-11-5-7-13-44(39)48-45(40)28-37)36-19-21-43-41(27-36)38-10-4-6-12-42(38)46(43)33-23-29-22-30(25-33)26-34(46)24-29/h1-21,27-30,33-34H,22-26H2. The minimum absolute atomic E-state index is 0.174. The van der Waals surface area contributed by atoms with Crippen LogP contribution in [-0.4, -0.2) is 0 Å². The first-order chi connectivity index (χ1) is 23.7. The van der Waals surface area contributed by atoms with Gasteiger partial charge in [0.05, 0.1) is 0 Å². The van der Waals surface area contributed by atoms with E-state index < -0.39 is 0 Å². The Labute approximate surface area is 281 Å². The largest absolute Gasteiger partial charge is 0.456 e. The van der Waals surface area contributed by atoms with Gasteiger partial charge in [0, 0.05) is 39.3 Å². The second-order valence-electron chi connectivity index (χ2n) is 15.0. The van der Waals surface area contributed by atoms with Gasteiger partial charge >= 0.3 is 0 Å². The third-order valence-electron chi connectivity index (χ3n) is 12.6. The van der Waals surface area contributed by atoms with Crippen molar-refractivity contribution in [1.29, 1.82) is 0 Å². The normalized spacial score (nSPS) is 24.8. The molecule has 1 spiro atoms. The third kappa shape index (κ3) is 3.69. The van der Waals surface area contributed by atoms with Gasteiger partial charge in [-0.2, -0.15) is 0 Å². The molecule has 1 heterocycles. The Morgan fingerprint density at radius 3 is 1.88 bits per heavy atom. The number of rotatable bonds is 4. The zero-order valence-electron chi connectivity index (χ0n) is 27.0. The molecule has 0 unspecified atom stereocenters. The Balaban J connectivity index is 1.09. The highest BCUT2D eigenvalue weighted by atomic mass is 16.3. The fourth-order valence-electron chi connectivity index (χ4n) is 11.0. The van der Waals surface area contributed by atoms with Gasteiger partial charge in [0.15, 0.2) is 0 Å². The van der Waals surface area contributed by atoms with Gasteiger partial charge in [-0.1, -0.05) is 91.0 Å². The summed E-state index contributed by atoms with van der Waals surface area (Å²) in [5.41, 5.74) is 14.0. The molecule has 5 aliphatic rings. The lowest BCUT2D eigenvalue weighted by molar-refractivity contribution is -0.0399. The van der Waals surface area contributed by atoms with Gasteiger partial charge in [-0.25, -0.2) is 0 Å². The molecule has 2 nitrogen and oxygen atoms in total. The van der Waals surface area contributed by atoms with Crippen molar-refractivity contribution in [3.8, 4) is 22.3 Å². The van der Waals surface area contributed by atoms with Crippen molar-refractivity contribution in [2.45, 2.75) is 37.5 Å². The number of para-hydroxylation sites is 1. The van der Waals surface area contributed by atoms with E-state index in [2.05, 4.69) is 138 Å². The summed E-state index contributed by atoms with van der Waals surface area (Å²) in [7, 11) is 0. The number of furan rings is 1. The van der Waals surface area contributed by atoms with E-state index in [1.165, 1.54) is 60.0 Å². The average molecular weight is 620 g/mol. The molecular formula is C46H37NO. The number of fused-ring (bicyclic) bond motifs is 6. The SMILES string of the molecule is c1ccc(-c2ccc(N(c3ccc4c(c3)-c3ccccc3C43C4CC5CC(C4)CC3C5)c3ccc4c(c3)oc3ccccc34)cc2)cc1. The smallest absolute Gasteiger partial charge is 0.137 e. The van der Waals surface area contributed by atoms with Crippen LogP contribution in [0.15, 0.2) is 144 Å². The molecule has 0 atom stereocenters. The van der Waals surface area contributed by atoms with E-state index >= 15 is 0 Å². The highest BCUT2D eigenvalue weighted by Gasteiger charge is 2.61. The first kappa shape index (κ1) is 26.9. The zero-order chi connectivity index (χ0) is 31.4. The summed E-state index contributed by atoms with van der Waals surface area (Å²) in [6, 6.07) is 51.6. The lowest BCUT2D eigenvalue weighted by Gasteiger charge is -2.61. The monoisotopic (exact) mass is 619 g/mol. The van der Waals surface area contributed by atoms with E-state index in [4.69, 9.17) is 4.42 Å². The molecule has 7 aromatic rings. The van der Waals surface area contributed by atoms with E-state index in [0.717, 1.165) is 57.0 Å². The van der Waals surface area contributed by atoms with Crippen LogP contribution < -0.4 is 4.90 Å². The summed E-state index contributed by atoms with van der Waals surface area (Å²) in [5.74, 6) is 3.41. The number of anilines is 3. The predicted octanol–water partition coefficient (Wildman–Crippen LogP) is 12.4. The summed E-state index contributed by atoms with van der Waals surface area (Å²) in [5, 5.41) is 2.31. The molecule has 4 saturated carbocycles. The average Bonchev–Trinajstić information content (AvgIpc) is 3.64. The van der Waals surface area contributed by atoms with Gasteiger partial charge < -0.3 is 9.32 Å². The Bertz CT molecular complexity index is 2340. The first-order valence-electron chi connectivity index (χ1n) is 17.9. The second-order valence-corrected chi connectivity index (χ2v) is 15.0. The molecule has 0 N–H and O–H groups in total. The maximum absolute atomic E-state index is 6.42. The van der Waals surface area contributed by atoms with Crippen LogP contribution in [0.4, 0.5) is 17.1 Å². The van der Waals surface area contributed by atoms with Crippen molar-refractivity contribution in [3.63, 3.8) is 0 Å². The maximum atomic E-state index is 6.42. The van der Waals surface area contributed by atoms with Crippen LogP contribution in [0.5, 0.6) is 0 Å². The molecule has 2 heteroatoms. The molecule has 232 valence electrons. The summed E-state index contributed by atoms with van der Waals surface area (Å²) in [6.45, 7) is 0. The Kier molecular flexibility index (Phi) is 5.59. The Morgan fingerprint density at radius 2 is 1.06 bits per heavy atom. The maximum Gasteiger partial charge on any atom is 0.137 e. The van der Waals surface area contributed by atoms with Gasteiger partial charge in [0.25, 0.3) is 0 Å². The van der Waals surface area contributed by atoms with Crippen LogP contribution in [0.25, 0.3) is 44.2 Å². The molecule has 4 fully saturated rings. The lowest BCUT2D eigenvalue weighted by atomic mass is 9.43. The number of hydrogen-bond acceptors (Lipinski definition) is 2. The van der Waals surface area contributed by atoms with Crippen molar-refractivity contribution < 1.29 is 4.42 Å². The van der Waals surface area contributed by atoms with Gasteiger partial charge in [0.2, 0.25) is 0 Å². The van der Waals surface area contributed by atoms with Gasteiger partial charge in [-0.15, -0.1) is 0 Å². The van der Waals surface area contributed by atoms with Crippen molar-refractivity contribution >= 4 is 39.0 Å². The molecular weight excluding hydrogens is 583 g/mol. The van der Waals surface area contributed by atoms with Gasteiger partial charge in [0.1, 0.15) is 11.2 Å². The van der Waals surface area contributed by atoms with E-state index in [-0.39, 0.29) is 5.41 Å². The molecule has 4 bridgehead atoms. The summed E-state index contributed by atoms with van der Waals surface area (Å²) in [6.07, 6.45) is 7.09. The fourth-order valence-corrected chi connectivity index (χ4v) is 11.0. The molecule has 12 rings (SSSR count). The summed E-state index contributed by atoms with van der Waals surface area (Å²) in [4.78, 5) is 2.42. The topological polar surface area (TPSA) is 16.4 Å². The van der Waals surface area contributed by atoms with Crippen molar-refractivity contribution in [1.82, 2.24) is 0 Å². The molecule has 1 aromatic heterocycles. The van der Waals surface area contributed by atoms with Gasteiger partial charge in [-0.3, -0.25) is 0 Å². The van der Waals surface area contributed by atoms with Crippen molar-refractivity contribution in [2.75, 3.05) is 4.90 Å². The third-order valence-corrected chi connectivity index (χ3v) is 12.6. The van der Waals surface area contributed by atoms with Crippen molar-refractivity contribution in [2.24, 2.45) is 23.7 Å². The predicted molar refractivity (Wildman–Crippen MR) is 197 cm³/mol. The van der Waals surface area contributed by atoms with Crippen molar-refractivity contribution in [3.05, 3.63) is 151 Å². The fraction of sp³-hybridized carbons (Fsp3) is 0.217. The number of nitrogens with zero attached hydrogens (tertiary/aromatic N) is 1. The summed E-state index contributed by atoms with van der Waals surface area (Å²) >= 11 is 0. The quantitative estimate of drug-likeness (QED) is 0.195. The minimum Gasteiger partial charge on any atom is -0.456 e. The van der Waals surface area contributed by atoms with Crippen LogP contribution in [0.1, 0.15) is 43.2 Å². The summed E-state index contributed by atoms with van der Waals surface area (Å²) < 4.78 is 6.42. The molecule has 48 heavy (non-hydrogen) atoms. The molecule has 5 aliphatic carbocycles. The van der Waals surface area contributed by atoms with Crippen LogP contribution in [0, 0.1) is 23.7 Å². The van der Waals surface area contributed by atoms with E-state index in [1.807, 2.05) is 6.07 Å². The molecule has 0 aliphatic heterocycles. The van der Waals surface area contributed by atoms with E-state index in [1.54, 1.807) is 11.1 Å². The Morgan fingerprint density at radius 1 is 0.458 bits per heavy atom.